The van der Waals surface area contributed by atoms with Crippen LogP contribution in [0.3, 0.4) is 0 Å². The average Bonchev–Trinajstić information content (AvgIpc) is 1.41. The molecule has 0 aromatic heterocycles. The van der Waals surface area contributed by atoms with E-state index >= 15 is 0 Å². The van der Waals surface area contributed by atoms with Gasteiger partial charge in [-0.3, -0.25) is 4.79 Å². The zero-order valence-electron chi connectivity index (χ0n) is 3.86. The fraction of sp³-hybridized carbons (Fsp3) is 0.667. The molecule has 0 aromatic rings. The highest BCUT2D eigenvalue weighted by Gasteiger charge is 1.67. The first-order valence-electron chi connectivity index (χ1n) is 1.47. The van der Waals surface area contributed by atoms with Gasteiger partial charge in [-0.15, -0.1) is 0 Å². The van der Waals surface area contributed by atoms with Gasteiger partial charge < -0.3 is 5.73 Å². The van der Waals surface area contributed by atoms with Crippen molar-refractivity contribution in [1.29, 1.82) is 0 Å². The first-order chi connectivity index (χ1) is 2.73. The van der Waals surface area contributed by atoms with Gasteiger partial charge in [-0.2, -0.15) is 0 Å². The van der Waals surface area contributed by atoms with E-state index in [1.807, 2.05) is 0 Å². The molecular formula is C3H8ClNO. The average molecular weight is 110 g/mol. The summed E-state index contributed by atoms with van der Waals surface area (Å²) in [6, 6.07) is 0. The lowest BCUT2D eigenvalue weighted by Gasteiger charge is -1.52. The van der Waals surface area contributed by atoms with Gasteiger partial charge in [-0.1, -0.05) is 0 Å². The van der Waals surface area contributed by atoms with E-state index in [0.717, 1.165) is 0 Å². The van der Waals surface area contributed by atoms with Crippen molar-refractivity contribution >= 4 is 16.8 Å². The molecule has 0 radical (unpaired) electrons. The molecule has 3 heteroatoms. The van der Waals surface area contributed by atoms with Crippen LogP contribution in [0.5, 0.6) is 0 Å². The van der Waals surface area contributed by atoms with E-state index in [1.165, 1.54) is 14.0 Å². The van der Waals surface area contributed by atoms with E-state index in [1.54, 1.807) is 0 Å². The van der Waals surface area contributed by atoms with Crippen molar-refractivity contribution in [3.63, 3.8) is 0 Å². The highest BCUT2D eigenvalue weighted by Crippen LogP contribution is 1.67. The van der Waals surface area contributed by atoms with Crippen LogP contribution in [0.15, 0.2) is 0 Å². The number of nitrogens with two attached hydrogens (primary N) is 1. The van der Waals surface area contributed by atoms with Gasteiger partial charge in [0.2, 0.25) is 5.24 Å². The second-order valence-corrected chi connectivity index (χ2v) is 1.00. The number of halogens is 1. The summed E-state index contributed by atoms with van der Waals surface area (Å²) < 4.78 is 0. The molecule has 0 aliphatic rings. The van der Waals surface area contributed by atoms with Crippen LogP contribution in [0.2, 0.25) is 0 Å². The molecular weight excluding hydrogens is 101 g/mol. The van der Waals surface area contributed by atoms with E-state index in [-0.39, 0.29) is 5.24 Å². The molecule has 0 spiro atoms. The molecule has 0 bridgehead atoms. The summed E-state index contributed by atoms with van der Waals surface area (Å²) in [5.41, 5.74) is 4.50. The van der Waals surface area contributed by atoms with Crippen molar-refractivity contribution in [3.05, 3.63) is 0 Å². The SMILES string of the molecule is CC(=O)Cl.CN. The fourth-order valence-electron chi connectivity index (χ4n) is 0. The van der Waals surface area contributed by atoms with Gasteiger partial charge in [0.05, 0.1) is 0 Å². The van der Waals surface area contributed by atoms with E-state index in [0.29, 0.717) is 0 Å². The Morgan fingerprint density at radius 2 is 1.67 bits per heavy atom. The minimum atomic E-state index is -0.361. The molecule has 2 N–H and O–H groups in total. The first kappa shape index (κ1) is 9.33. The lowest BCUT2D eigenvalue weighted by atomic mass is 10.9. The Hall–Kier alpha value is -0.0800. The van der Waals surface area contributed by atoms with Crippen LogP contribution in [0.4, 0.5) is 0 Å². The number of carbonyl (C=O) groups is 1. The molecule has 38 valence electrons. The second kappa shape index (κ2) is 8.87. The predicted molar refractivity (Wildman–Crippen MR) is 26.6 cm³/mol. The monoisotopic (exact) mass is 109 g/mol. The van der Waals surface area contributed by atoms with Crippen molar-refractivity contribution in [3.8, 4) is 0 Å². The minimum absolute atomic E-state index is 0.361. The highest BCUT2D eigenvalue weighted by molar-refractivity contribution is 6.62. The standard InChI is InChI=1S/C2H3ClO.CH5N/c1-2(3)4;1-2/h1H3;2H2,1H3. The number of hydrogen-bond acceptors (Lipinski definition) is 2. The molecule has 0 aromatic carbocycles. The zero-order valence-corrected chi connectivity index (χ0v) is 4.62. The maximum Gasteiger partial charge on any atom is 0.218 e. The van der Waals surface area contributed by atoms with Crippen LogP contribution < -0.4 is 5.73 Å². The predicted octanol–water partition coefficient (Wildman–Crippen LogP) is 0.347. The Morgan fingerprint density at radius 1 is 1.67 bits per heavy atom. The van der Waals surface area contributed by atoms with Gasteiger partial charge in [0.1, 0.15) is 0 Å². The largest absolute Gasteiger partial charge is 0.333 e. The molecule has 0 unspecified atom stereocenters. The molecule has 2 nitrogen and oxygen atoms in total. The number of hydrogen-bond donors (Lipinski definition) is 1. The zero-order chi connectivity index (χ0) is 5.58. The summed E-state index contributed by atoms with van der Waals surface area (Å²) in [6.45, 7) is 1.29. The molecule has 0 atom stereocenters. The van der Waals surface area contributed by atoms with Gasteiger partial charge in [0.15, 0.2) is 0 Å². The summed E-state index contributed by atoms with van der Waals surface area (Å²) in [4.78, 5) is 9.21. The van der Waals surface area contributed by atoms with Crippen LogP contribution in [-0.4, -0.2) is 12.3 Å². The number of carbonyl (C=O) groups excluding carboxylic acids is 1. The van der Waals surface area contributed by atoms with E-state index in [9.17, 15) is 4.79 Å². The Labute approximate surface area is 42.3 Å². The van der Waals surface area contributed by atoms with Crippen molar-refractivity contribution in [2.24, 2.45) is 5.73 Å². The quantitative estimate of drug-likeness (QED) is 0.456. The van der Waals surface area contributed by atoms with Crippen LogP contribution >= 0.6 is 11.6 Å². The van der Waals surface area contributed by atoms with Gasteiger partial charge in [-0.25, -0.2) is 0 Å². The third-order valence-electron chi connectivity index (χ3n) is 0. The van der Waals surface area contributed by atoms with Gasteiger partial charge in [0, 0.05) is 6.92 Å². The highest BCUT2D eigenvalue weighted by atomic mass is 35.5. The van der Waals surface area contributed by atoms with Crippen LogP contribution in [0.1, 0.15) is 6.92 Å². The Balaban J connectivity index is 0. The van der Waals surface area contributed by atoms with Crippen LogP contribution in [0, 0.1) is 0 Å². The molecule has 6 heavy (non-hydrogen) atoms. The van der Waals surface area contributed by atoms with E-state index in [2.05, 4.69) is 17.3 Å². The summed E-state index contributed by atoms with van der Waals surface area (Å²) in [7, 11) is 1.50. The third kappa shape index (κ3) is 5220. The van der Waals surface area contributed by atoms with Crippen LogP contribution in [0.25, 0.3) is 0 Å². The van der Waals surface area contributed by atoms with Crippen molar-refractivity contribution in [2.45, 2.75) is 6.92 Å². The Morgan fingerprint density at radius 3 is 1.67 bits per heavy atom. The first-order valence-corrected chi connectivity index (χ1v) is 1.85. The van der Waals surface area contributed by atoms with Crippen molar-refractivity contribution < 1.29 is 4.79 Å². The molecule has 0 aliphatic heterocycles. The minimum Gasteiger partial charge on any atom is -0.333 e. The second-order valence-electron chi connectivity index (χ2n) is 0.470. The van der Waals surface area contributed by atoms with Crippen LogP contribution in [-0.2, 0) is 4.79 Å². The summed E-state index contributed by atoms with van der Waals surface area (Å²) >= 11 is 4.64. The lowest BCUT2D eigenvalue weighted by molar-refractivity contribution is -0.109. The van der Waals surface area contributed by atoms with Gasteiger partial charge in [0.25, 0.3) is 0 Å². The molecule has 0 saturated carbocycles. The maximum absolute atomic E-state index is 9.21. The topological polar surface area (TPSA) is 43.1 Å². The van der Waals surface area contributed by atoms with Crippen molar-refractivity contribution in [2.75, 3.05) is 7.05 Å². The molecule has 0 aliphatic carbocycles. The molecule has 0 saturated heterocycles. The molecule has 0 amide bonds. The molecule has 0 rings (SSSR count). The summed E-state index contributed by atoms with van der Waals surface area (Å²) in [5, 5.41) is -0.361. The van der Waals surface area contributed by atoms with Gasteiger partial charge in [-0.05, 0) is 18.6 Å². The smallest absolute Gasteiger partial charge is 0.218 e. The third-order valence-corrected chi connectivity index (χ3v) is 0. The number of rotatable bonds is 0. The van der Waals surface area contributed by atoms with Gasteiger partial charge >= 0.3 is 0 Å². The molecule has 0 fully saturated rings. The van der Waals surface area contributed by atoms with E-state index < -0.39 is 0 Å². The molecule has 0 heterocycles. The van der Waals surface area contributed by atoms with Crippen molar-refractivity contribution in [1.82, 2.24) is 0 Å². The van der Waals surface area contributed by atoms with E-state index in [4.69, 9.17) is 0 Å². The lowest BCUT2D eigenvalue weighted by Crippen LogP contribution is -1.69. The normalized spacial score (nSPS) is 5.33. The maximum atomic E-state index is 9.21. The summed E-state index contributed by atoms with van der Waals surface area (Å²) in [5.74, 6) is 0. The Bertz CT molecular complexity index is 33.8. The fourth-order valence-corrected chi connectivity index (χ4v) is 0. The summed E-state index contributed by atoms with van der Waals surface area (Å²) in [6.07, 6.45) is 0. The Kier molecular flexibility index (Phi) is 13.8.